The van der Waals surface area contributed by atoms with Crippen molar-refractivity contribution in [3.63, 3.8) is 0 Å². The molecule has 0 fully saturated rings. The van der Waals surface area contributed by atoms with E-state index in [-0.39, 0.29) is 16.9 Å². The molecule has 0 amide bonds. The van der Waals surface area contributed by atoms with Crippen LogP contribution in [0.4, 0.5) is 21.5 Å². The maximum atomic E-state index is 13.9. The topological polar surface area (TPSA) is 64.3 Å². The van der Waals surface area contributed by atoms with Crippen LogP contribution in [-0.2, 0) is 4.74 Å². The summed E-state index contributed by atoms with van der Waals surface area (Å²) in [4.78, 5) is 11.6. The number of aryl methyl sites for hydroxylation is 1. The molecule has 6 heteroatoms. The predicted molar refractivity (Wildman–Crippen MR) is 81.6 cm³/mol. The van der Waals surface area contributed by atoms with E-state index in [1.165, 1.54) is 13.2 Å². The van der Waals surface area contributed by atoms with Crippen molar-refractivity contribution in [3.8, 4) is 0 Å². The minimum Gasteiger partial charge on any atom is -0.465 e. The van der Waals surface area contributed by atoms with Gasteiger partial charge in [0.15, 0.2) is 0 Å². The lowest BCUT2D eigenvalue weighted by molar-refractivity contribution is 0.0602. The number of hydrogen-bond donors (Lipinski definition) is 2. The van der Waals surface area contributed by atoms with Crippen LogP contribution in [0, 0.1) is 12.7 Å². The number of nitrogens with one attached hydrogen (secondary N) is 1. The van der Waals surface area contributed by atoms with Gasteiger partial charge in [-0.1, -0.05) is 17.7 Å². The number of methoxy groups -OCH3 is 1. The number of halogens is 2. The number of ether oxygens (including phenoxy) is 1. The number of anilines is 3. The molecule has 110 valence electrons. The fourth-order valence-corrected chi connectivity index (χ4v) is 1.98. The van der Waals surface area contributed by atoms with Gasteiger partial charge in [0.25, 0.3) is 0 Å². The highest BCUT2D eigenvalue weighted by atomic mass is 35.5. The zero-order valence-electron chi connectivity index (χ0n) is 11.5. The Hall–Kier alpha value is -2.27. The quantitative estimate of drug-likeness (QED) is 0.666. The molecule has 0 bridgehead atoms. The van der Waals surface area contributed by atoms with Crippen LogP contribution in [0.3, 0.4) is 0 Å². The van der Waals surface area contributed by atoms with Crippen molar-refractivity contribution >= 4 is 34.6 Å². The number of esters is 1. The van der Waals surface area contributed by atoms with E-state index >= 15 is 0 Å². The van der Waals surface area contributed by atoms with Gasteiger partial charge in [-0.15, -0.1) is 0 Å². The van der Waals surface area contributed by atoms with E-state index < -0.39 is 11.8 Å². The van der Waals surface area contributed by atoms with Crippen LogP contribution in [-0.4, -0.2) is 13.1 Å². The first-order valence-corrected chi connectivity index (χ1v) is 6.50. The Kier molecular flexibility index (Phi) is 4.33. The van der Waals surface area contributed by atoms with E-state index in [2.05, 4.69) is 10.1 Å². The number of hydrogen-bond acceptors (Lipinski definition) is 4. The summed E-state index contributed by atoms with van der Waals surface area (Å²) in [6.45, 7) is 1.87. The molecular weight excluding hydrogens is 295 g/mol. The summed E-state index contributed by atoms with van der Waals surface area (Å²) >= 11 is 6.02. The highest BCUT2D eigenvalue weighted by molar-refractivity contribution is 6.31. The lowest BCUT2D eigenvalue weighted by Crippen LogP contribution is -2.07. The minimum atomic E-state index is -0.627. The Bertz CT molecular complexity index is 704. The highest BCUT2D eigenvalue weighted by Crippen LogP contribution is 2.28. The van der Waals surface area contributed by atoms with Gasteiger partial charge in [0, 0.05) is 16.4 Å². The van der Waals surface area contributed by atoms with E-state index in [0.29, 0.717) is 10.7 Å². The second-order valence-electron chi connectivity index (χ2n) is 4.50. The van der Waals surface area contributed by atoms with Crippen molar-refractivity contribution in [2.45, 2.75) is 6.92 Å². The van der Waals surface area contributed by atoms with Crippen LogP contribution in [0.15, 0.2) is 30.3 Å². The van der Waals surface area contributed by atoms with E-state index in [9.17, 15) is 9.18 Å². The predicted octanol–water partition coefficient (Wildman–Crippen LogP) is 3.90. The lowest BCUT2D eigenvalue weighted by Gasteiger charge is -2.12. The molecule has 0 aliphatic rings. The highest BCUT2D eigenvalue weighted by Gasteiger charge is 2.15. The maximum absolute atomic E-state index is 13.9. The molecule has 0 aliphatic heterocycles. The van der Waals surface area contributed by atoms with Gasteiger partial charge in [0.05, 0.1) is 18.4 Å². The average molecular weight is 309 g/mol. The van der Waals surface area contributed by atoms with E-state index in [1.54, 1.807) is 18.2 Å². The average Bonchev–Trinajstić information content (AvgIpc) is 2.45. The van der Waals surface area contributed by atoms with Gasteiger partial charge in [-0.3, -0.25) is 0 Å². The summed E-state index contributed by atoms with van der Waals surface area (Å²) in [6.07, 6.45) is 0. The fourth-order valence-electron chi connectivity index (χ4n) is 1.80. The largest absolute Gasteiger partial charge is 0.465 e. The molecule has 0 atom stereocenters. The molecule has 2 aromatic rings. The molecular formula is C15H14ClFN2O2. The van der Waals surface area contributed by atoms with Gasteiger partial charge in [-0.05, 0) is 36.8 Å². The van der Waals surface area contributed by atoms with Crippen molar-refractivity contribution in [2.75, 3.05) is 18.2 Å². The molecule has 0 spiro atoms. The van der Waals surface area contributed by atoms with Gasteiger partial charge in [0.2, 0.25) is 0 Å². The smallest absolute Gasteiger partial charge is 0.340 e. The summed E-state index contributed by atoms with van der Waals surface area (Å²) < 4.78 is 18.5. The Labute approximate surface area is 126 Å². The first-order chi connectivity index (χ1) is 9.92. The monoisotopic (exact) mass is 308 g/mol. The SMILES string of the molecule is COC(=O)c1cc(Nc2ccc(C)c(Cl)c2)c(F)cc1N. The standard InChI is InChI=1S/C15H14ClFN2O2/c1-8-3-4-9(5-11(8)16)19-14-6-10(15(20)21-2)13(18)7-12(14)17/h3-7,19H,18H2,1-2H3. The van der Waals surface area contributed by atoms with E-state index in [4.69, 9.17) is 17.3 Å². The number of nitrogen functional groups attached to an aromatic ring is 1. The van der Waals surface area contributed by atoms with Crippen molar-refractivity contribution < 1.29 is 13.9 Å². The van der Waals surface area contributed by atoms with Crippen molar-refractivity contribution in [2.24, 2.45) is 0 Å². The van der Waals surface area contributed by atoms with Crippen molar-refractivity contribution in [1.82, 2.24) is 0 Å². The zero-order valence-corrected chi connectivity index (χ0v) is 12.3. The van der Waals surface area contributed by atoms with Gasteiger partial charge < -0.3 is 15.8 Å². The third kappa shape index (κ3) is 3.25. The second kappa shape index (κ2) is 6.01. The Morgan fingerprint density at radius 2 is 2.05 bits per heavy atom. The molecule has 0 aromatic heterocycles. The first kappa shape index (κ1) is 15.1. The molecule has 0 aliphatic carbocycles. The molecule has 0 unspecified atom stereocenters. The maximum Gasteiger partial charge on any atom is 0.340 e. The summed E-state index contributed by atoms with van der Waals surface area (Å²) in [5, 5.41) is 3.42. The van der Waals surface area contributed by atoms with Gasteiger partial charge >= 0.3 is 5.97 Å². The number of benzene rings is 2. The normalized spacial score (nSPS) is 10.3. The van der Waals surface area contributed by atoms with E-state index in [1.807, 2.05) is 6.92 Å². The lowest BCUT2D eigenvalue weighted by atomic mass is 10.1. The van der Waals surface area contributed by atoms with Crippen LogP contribution in [0.5, 0.6) is 0 Å². The van der Waals surface area contributed by atoms with E-state index in [0.717, 1.165) is 11.6 Å². The van der Waals surface area contributed by atoms with Crippen molar-refractivity contribution in [1.29, 1.82) is 0 Å². The van der Waals surface area contributed by atoms with Gasteiger partial charge in [-0.2, -0.15) is 0 Å². The van der Waals surface area contributed by atoms with Crippen LogP contribution < -0.4 is 11.1 Å². The van der Waals surface area contributed by atoms with Crippen LogP contribution >= 0.6 is 11.6 Å². The Balaban J connectivity index is 2.39. The second-order valence-corrected chi connectivity index (χ2v) is 4.91. The Morgan fingerprint density at radius 1 is 1.33 bits per heavy atom. The molecule has 2 rings (SSSR count). The third-order valence-corrected chi connectivity index (χ3v) is 3.40. The van der Waals surface area contributed by atoms with Crippen LogP contribution in [0.2, 0.25) is 5.02 Å². The summed E-state index contributed by atoms with van der Waals surface area (Å²) in [6, 6.07) is 7.62. The van der Waals surface area contributed by atoms with Crippen molar-refractivity contribution in [3.05, 3.63) is 52.3 Å². The third-order valence-electron chi connectivity index (χ3n) is 3.00. The molecule has 0 heterocycles. The molecule has 2 aromatic carbocycles. The zero-order chi connectivity index (χ0) is 15.6. The molecule has 21 heavy (non-hydrogen) atoms. The van der Waals surface area contributed by atoms with Gasteiger partial charge in [0.1, 0.15) is 5.82 Å². The summed E-state index contributed by atoms with van der Waals surface area (Å²) in [7, 11) is 1.23. The fraction of sp³-hybridized carbons (Fsp3) is 0.133. The number of carbonyl (C=O) groups excluding carboxylic acids is 1. The van der Waals surface area contributed by atoms with Crippen LogP contribution in [0.1, 0.15) is 15.9 Å². The summed E-state index contributed by atoms with van der Waals surface area (Å²) in [5.74, 6) is -1.20. The first-order valence-electron chi connectivity index (χ1n) is 6.13. The molecule has 0 saturated carbocycles. The Morgan fingerprint density at radius 3 is 2.67 bits per heavy atom. The summed E-state index contributed by atoms with van der Waals surface area (Å²) in [5.41, 5.74) is 7.36. The molecule has 0 radical (unpaired) electrons. The molecule has 4 nitrogen and oxygen atoms in total. The number of carbonyl (C=O) groups is 1. The van der Waals surface area contributed by atoms with Gasteiger partial charge in [-0.25, -0.2) is 9.18 Å². The van der Waals surface area contributed by atoms with Crippen LogP contribution in [0.25, 0.3) is 0 Å². The number of rotatable bonds is 3. The molecule has 0 saturated heterocycles. The minimum absolute atomic E-state index is 0.0202. The molecule has 3 N–H and O–H groups in total. The number of nitrogens with two attached hydrogens (primary N) is 1.